The lowest BCUT2D eigenvalue weighted by Crippen LogP contribution is -2.13. The number of benzene rings is 1. The Labute approximate surface area is 85.4 Å². The van der Waals surface area contributed by atoms with Gasteiger partial charge in [0.15, 0.2) is 0 Å². The highest BCUT2D eigenvalue weighted by Crippen LogP contribution is 2.09. The van der Waals surface area contributed by atoms with Gasteiger partial charge in [-0.15, -0.1) is 0 Å². The Bertz CT molecular complexity index is 529. The summed E-state index contributed by atoms with van der Waals surface area (Å²) in [5.74, 6) is 0.177. The van der Waals surface area contributed by atoms with Crippen molar-refractivity contribution in [3.63, 3.8) is 0 Å². The number of rotatable bonds is 2. The van der Waals surface area contributed by atoms with Crippen LogP contribution in [0.25, 0.3) is 0 Å². The van der Waals surface area contributed by atoms with E-state index in [0.717, 1.165) is 0 Å². The summed E-state index contributed by atoms with van der Waals surface area (Å²) in [5.41, 5.74) is 0.230. The van der Waals surface area contributed by atoms with Crippen molar-refractivity contribution in [1.82, 2.24) is 14.8 Å². The summed E-state index contributed by atoms with van der Waals surface area (Å²) in [7, 11) is 1.55. The number of nitrogens with one attached hydrogen (secondary N) is 1. The smallest absolute Gasteiger partial charge is 0.292 e. The standard InChI is InChI=1S/C10H10FN3O/c1-14-10(15)12-9(13-14)6-7-4-2-3-5-8(7)11/h2-5H,6H2,1H3,(H,12,13,15). The van der Waals surface area contributed by atoms with Gasteiger partial charge in [-0.25, -0.2) is 13.9 Å². The molecule has 0 bridgehead atoms. The normalized spacial score (nSPS) is 10.5. The molecule has 78 valence electrons. The molecular formula is C10H10FN3O. The van der Waals surface area contributed by atoms with Crippen molar-refractivity contribution in [2.75, 3.05) is 0 Å². The maximum atomic E-state index is 13.3. The van der Waals surface area contributed by atoms with Gasteiger partial charge in [-0.3, -0.25) is 4.98 Å². The molecule has 0 radical (unpaired) electrons. The van der Waals surface area contributed by atoms with Crippen LogP contribution in [0, 0.1) is 5.82 Å². The molecule has 0 amide bonds. The van der Waals surface area contributed by atoms with Crippen LogP contribution in [0.4, 0.5) is 4.39 Å². The molecule has 1 aromatic carbocycles. The van der Waals surface area contributed by atoms with E-state index in [2.05, 4.69) is 10.1 Å². The average Bonchev–Trinajstić information content (AvgIpc) is 2.50. The number of aromatic amines is 1. The van der Waals surface area contributed by atoms with Crippen molar-refractivity contribution < 1.29 is 4.39 Å². The Morgan fingerprint density at radius 1 is 1.47 bits per heavy atom. The summed E-state index contributed by atoms with van der Waals surface area (Å²) in [6.45, 7) is 0. The molecule has 0 atom stereocenters. The summed E-state index contributed by atoms with van der Waals surface area (Å²) in [4.78, 5) is 13.6. The van der Waals surface area contributed by atoms with E-state index in [1.165, 1.54) is 10.7 Å². The van der Waals surface area contributed by atoms with E-state index in [1.807, 2.05) is 0 Å². The van der Waals surface area contributed by atoms with Gasteiger partial charge in [0.05, 0.1) is 0 Å². The Morgan fingerprint density at radius 3 is 2.80 bits per heavy atom. The zero-order chi connectivity index (χ0) is 10.8. The minimum absolute atomic E-state index is 0.288. The van der Waals surface area contributed by atoms with Gasteiger partial charge in [0, 0.05) is 13.5 Å². The molecule has 0 aliphatic carbocycles. The largest absolute Gasteiger partial charge is 0.343 e. The highest BCUT2D eigenvalue weighted by atomic mass is 19.1. The molecule has 15 heavy (non-hydrogen) atoms. The highest BCUT2D eigenvalue weighted by molar-refractivity contribution is 5.20. The van der Waals surface area contributed by atoms with Gasteiger partial charge >= 0.3 is 5.69 Å². The molecular weight excluding hydrogens is 197 g/mol. The lowest BCUT2D eigenvalue weighted by atomic mass is 10.1. The van der Waals surface area contributed by atoms with E-state index in [9.17, 15) is 9.18 Å². The van der Waals surface area contributed by atoms with Crippen LogP contribution in [-0.4, -0.2) is 14.8 Å². The first kappa shape index (κ1) is 9.64. The van der Waals surface area contributed by atoms with Crippen molar-refractivity contribution in [2.45, 2.75) is 6.42 Å². The van der Waals surface area contributed by atoms with Gasteiger partial charge < -0.3 is 0 Å². The zero-order valence-electron chi connectivity index (χ0n) is 8.20. The Morgan fingerprint density at radius 2 is 2.20 bits per heavy atom. The van der Waals surface area contributed by atoms with E-state index in [1.54, 1.807) is 25.2 Å². The lowest BCUT2D eigenvalue weighted by molar-refractivity contribution is 0.611. The second-order valence-electron chi connectivity index (χ2n) is 3.27. The van der Waals surface area contributed by atoms with Crippen LogP contribution in [0.1, 0.15) is 11.4 Å². The minimum Gasteiger partial charge on any atom is -0.292 e. The van der Waals surface area contributed by atoms with Gasteiger partial charge in [-0.2, -0.15) is 5.10 Å². The zero-order valence-corrected chi connectivity index (χ0v) is 8.20. The van der Waals surface area contributed by atoms with E-state index < -0.39 is 0 Å². The lowest BCUT2D eigenvalue weighted by Gasteiger charge is -1.98. The van der Waals surface area contributed by atoms with E-state index >= 15 is 0 Å². The quantitative estimate of drug-likeness (QED) is 0.793. The number of H-pyrrole nitrogens is 1. The van der Waals surface area contributed by atoms with Crippen LogP contribution in [-0.2, 0) is 13.5 Å². The number of aromatic nitrogens is 3. The third-order valence-electron chi connectivity index (χ3n) is 2.13. The van der Waals surface area contributed by atoms with Crippen LogP contribution in [0.2, 0.25) is 0 Å². The van der Waals surface area contributed by atoms with Gasteiger partial charge in [-0.05, 0) is 11.6 Å². The summed E-state index contributed by atoms with van der Waals surface area (Å²) in [6, 6.07) is 6.43. The first-order valence-electron chi connectivity index (χ1n) is 4.52. The third kappa shape index (κ3) is 1.96. The Balaban J connectivity index is 2.30. The van der Waals surface area contributed by atoms with E-state index in [0.29, 0.717) is 17.8 Å². The van der Waals surface area contributed by atoms with Gasteiger partial charge in [0.2, 0.25) is 0 Å². The van der Waals surface area contributed by atoms with E-state index in [-0.39, 0.29) is 11.5 Å². The highest BCUT2D eigenvalue weighted by Gasteiger charge is 2.06. The number of hydrogen-bond acceptors (Lipinski definition) is 2. The molecule has 0 saturated heterocycles. The molecule has 2 aromatic rings. The average molecular weight is 207 g/mol. The van der Waals surface area contributed by atoms with Crippen molar-refractivity contribution in [3.05, 3.63) is 52.0 Å². The van der Waals surface area contributed by atoms with Crippen LogP contribution in [0.15, 0.2) is 29.1 Å². The minimum atomic E-state index is -0.290. The Kier molecular flexibility index (Phi) is 2.37. The van der Waals surface area contributed by atoms with Crippen molar-refractivity contribution >= 4 is 0 Å². The molecule has 0 spiro atoms. The van der Waals surface area contributed by atoms with Crippen molar-refractivity contribution in [2.24, 2.45) is 7.05 Å². The van der Waals surface area contributed by atoms with Crippen LogP contribution in [0.5, 0.6) is 0 Å². The predicted octanol–water partition coefficient (Wildman–Crippen LogP) is 0.838. The molecule has 1 aromatic heterocycles. The van der Waals surface area contributed by atoms with Gasteiger partial charge in [-0.1, -0.05) is 18.2 Å². The third-order valence-corrected chi connectivity index (χ3v) is 2.13. The molecule has 5 heteroatoms. The molecule has 0 aliphatic rings. The van der Waals surface area contributed by atoms with Crippen molar-refractivity contribution in [1.29, 1.82) is 0 Å². The molecule has 0 unspecified atom stereocenters. The molecule has 1 N–H and O–H groups in total. The van der Waals surface area contributed by atoms with Gasteiger partial charge in [0.25, 0.3) is 0 Å². The maximum Gasteiger partial charge on any atom is 0.343 e. The molecule has 0 aliphatic heterocycles. The second-order valence-corrected chi connectivity index (χ2v) is 3.27. The molecule has 0 saturated carbocycles. The second kappa shape index (κ2) is 3.68. The van der Waals surface area contributed by atoms with Gasteiger partial charge in [0.1, 0.15) is 11.6 Å². The predicted molar refractivity (Wildman–Crippen MR) is 53.0 cm³/mol. The summed E-state index contributed by atoms with van der Waals surface area (Å²) < 4.78 is 14.4. The number of halogens is 1. The first-order valence-corrected chi connectivity index (χ1v) is 4.52. The maximum absolute atomic E-state index is 13.3. The topological polar surface area (TPSA) is 50.7 Å². The first-order chi connectivity index (χ1) is 7.16. The SMILES string of the molecule is Cn1nc(Cc2ccccc2F)[nH]c1=O. The number of nitrogens with zero attached hydrogens (tertiary/aromatic N) is 2. The number of hydrogen-bond donors (Lipinski definition) is 1. The van der Waals surface area contributed by atoms with E-state index in [4.69, 9.17) is 0 Å². The summed E-state index contributed by atoms with van der Waals surface area (Å²) in [5, 5.41) is 3.93. The van der Waals surface area contributed by atoms with Crippen molar-refractivity contribution in [3.8, 4) is 0 Å². The fraction of sp³-hybridized carbons (Fsp3) is 0.200. The van der Waals surface area contributed by atoms with Crippen LogP contribution in [0.3, 0.4) is 0 Å². The fourth-order valence-electron chi connectivity index (χ4n) is 1.36. The molecule has 1 heterocycles. The monoisotopic (exact) mass is 207 g/mol. The molecule has 0 fully saturated rings. The summed E-state index contributed by atoms with van der Waals surface area (Å²) >= 11 is 0. The number of aryl methyl sites for hydroxylation is 1. The summed E-state index contributed by atoms with van der Waals surface area (Å²) in [6.07, 6.45) is 0.294. The molecule has 4 nitrogen and oxygen atoms in total. The van der Waals surface area contributed by atoms with Crippen LogP contribution < -0.4 is 5.69 Å². The Hall–Kier alpha value is -1.91. The molecule has 2 rings (SSSR count). The van der Waals surface area contributed by atoms with Crippen LogP contribution >= 0.6 is 0 Å². The fourth-order valence-corrected chi connectivity index (χ4v) is 1.36.